The number of fused-ring (bicyclic) bond motifs is 1. The normalized spacial score (nSPS) is 16.0. The molecule has 138 valence electrons. The van der Waals surface area contributed by atoms with Crippen molar-refractivity contribution in [3.05, 3.63) is 17.7 Å². The van der Waals surface area contributed by atoms with E-state index in [1.165, 1.54) is 0 Å². The molecule has 1 aliphatic rings. The van der Waals surface area contributed by atoms with Crippen LogP contribution in [0.1, 0.15) is 33.3 Å². The van der Waals surface area contributed by atoms with Gasteiger partial charge >= 0.3 is 0 Å². The summed E-state index contributed by atoms with van der Waals surface area (Å²) in [4.78, 5) is 2.21. The Kier molecular flexibility index (Phi) is 7.35. The van der Waals surface area contributed by atoms with Gasteiger partial charge in [-0.1, -0.05) is 0 Å². The fraction of sp³-hybridized carbons (Fsp3) is 0.632. The summed E-state index contributed by atoms with van der Waals surface area (Å²) in [5.41, 5.74) is 1.44. The van der Waals surface area contributed by atoms with E-state index in [4.69, 9.17) is 18.9 Å². The number of hydrogen-bond donors (Lipinski definition) is 0. The minimum atomic E-state index is 0.258. The van der Waals surface area contributed by atoms with E-state index in [1.807, 2.05) is 6.07 Å². The predicted octanol–water partition coefficient (Wildman–Crippen LogP) is 2.99. The molecule has 0 radical (unpaired) electrons. The molecule has 0 spiro atoms. The summed E-state index contributed by atoms with van der Waals surface area (Å²) in [7, 11) is 0. The first-order valence-electron chi connectivity index (χ1n) is 8.82. The van der Waals surface area contributed by atoms with Gasteiger partial charge in [-0.2, -0.15) is 5.26 Å². The first kappa shape index (κ1) is 19.4. The standard InChI is InChI=1S/C19H28N2O4/c1-14(2)21(15(3)4)17-12-19-18(11-16(17)13-20)24-9-7-22-5-6-23-8-10-25-19/h11-12,14-15H,5-10H2,1-4H3. The Morgan fingerprint density at radius 3 is 1.80 bits per heavy atom. The van der Waals surface area contributed by atoms with Gasteiger partial charge in [0.2, 0.25) is 0 Å². The summed E-state index contributed by atoms with van der Waals surface area (Å²) in [5.74, 6) is 1.20. The number of rotatable bonds is 3. The lowest BCUT2D eigenvalue weighted by Crippen LogP contribution is -2.37. The number of benzene rings is 1. The Bertz CT molecular complexity index is 588. The third-order valence-corrected chi connectivity index (χ3v) is 3.92. The molecule has 6 nitrogen and oxygen atoms in total. The Morgan fingerprint density at radius 1 is 0.840 bits per heavy atom. The quantitative estimate of drug-likeness (QED) is 0.837. The van der Waals surface area contributed by atoms with Crippen molar-refractivity contribution in [2.45, 2.75) is 39.8 Å². The molecule has 25 heavy (non-hydrogen) atoms. The van der Waals surface area contributed by atoms with Gasteiger partial charge in [-0.05, 0) is 27.7 Å². The molecular formula is C19H28N2O4. The number of ether oxygens (including phenoxy) is 4. The van der Waals surface area contributed by atoms with Crippen LogP contribution in [0.4, 0.5) is 5.69 Å². The molecule has 0 amide bonds. The summed E-state index contributed by atoms with van der Waals surface area (Å²) in [6, 6.07) is 6.47. The second-order valence-corrected chi connectivity index (χ2v) is 6.44. The lowest BCUT2D eigenvalue weighted by Gasteiger charge is -2.34. The first-order valence-corrected chi connectivity index (χ1v) is 8.82. The topological polar surface area (TPSA) is 64.0 Å². The second kappa shape index (κ2) is 9.50. The first-order chi connectivity index (χ1) is 12.0. The zero-order valence-electron chi connectivity index (χ0n) is 15.6. The van der Waals surface area contributed by atoms with E-state index in [1.54, 1.807) is 6.07 Å². The van der Waals surface area contributed by atoms with Crippen molar-refractivity contribution in [2.75, 3.05) is 44.5 Å². The fourth-order valence-electron chi connectivity index (χ4n) is 2.97. The van der Waals surface area contributed by atoms with Gasteiger partial charge in [-0.25, -0.2) is 0 Å². The predicted molar refractivity (Wildman–Crippen MR) is 96.5 cm³/mol. The summed E-state index contributed by atoms with van der Waals surface area (Å²) in [5, 5.41) is 9.62. The smallest absolute Gasteiger partial charge is 0.163 e. The lowest BCUT2D eigenvalue weighted by atomic mass is 10.1. The fourth-order valence-corrected chi connectivity index (χ4v) is 2.97. The monoisotopic (exact) mass is 348 g/mol. The van der Waals surface area contributed by atoms with Crippen LogP contribution in [0.5, 0.6) is 11.5 Å². The Hall–Kier alpha value is -1.97. The van der Waals surface area contributed by atoms with Gasteiger partial charge in [0, 0.05) is 24.2 Å². The van der Waals surface area contributed by atoms with Crippen molar-refractivity contribution in [1.29, 1.82) is 5.26 Å². The molecule has 0 aliphatic carbocycles. The zero-order chi connectivity index (χ0) is 18.2. The van der Waals surface area contributed by atoms with E-state index < -0.39 is 0 Å². The van der Waals surface area contributed by atoms with E-state index in [9.17, 15) is 5.26 Å². The maximum Gasteiger partial charge on any atom is 0.163 e. The molecule has 1 aromatic rings. The van der Waals surface area contributed by atoms with Gasteiger partial charge in [0.1, 0.15) is 19.3 Å². The van der Waals surface area contributed by atoms with Crippen LogP contribution >= 0.6 is 0 Å². The number of anilines is 1. The highest BCUT2D eigenvalue weighted by atomic mass is 16.6. The van der Waals surface area contributed by atoms with Crippen molar-refractivity contribution >= 4 is 5.69 Å². The maximum absolute atomic E-state index is 9.62. The van der Waals surface area contributed by atoms with Gasteiger partial charge in [0.05, 0.1) is 37.7 Å². The largest absolute Gasteiger partial charge is 0.487 e. The lowest BCUT2D eigenvalue weighted by molar-refractivity contribution is 0.0223. The average molecular weight is 348 g/mol. The summed E-state index contributed by atoms with van der Waals surface area (Å²) in [6.07, 6.45) is 0. The Morgan fingerprint density at radius 2 is 1.32 bits per heavy atom. The average Bonchev–Trinajstić information content (AvgIpc) is 2.55. The molecule has 1 aromatic carbocycles. The SMILES string of the molecule is CC(C)N(c1cc2c(cc1C#N)OCCOCCOCCO2)C(C)C. The highest BCUT2D eigenvalue weighted by molar-refractivity contribution is 5.67. The van der Waals surface area contributed by atoms with Gasteiger partial charge in [0.25, 0.3) is 0 Å². The van der Waals surface area contributed by atoms with Crippen LogP contribution in [0.15, 0.2) is 12.1 Å². The highest BCUT2D eigenvalue weighted by Crippen LogP contribution is 2.37. The van der Waals surface area contributed by atoms with Crippen LogP contribution in [0.25, 0.3) is 0 Å². The van der Waals surface area contributed by atoms with E-state index in [0.29, 0.717) is 56.7 Å². The molecule has 2 rings (SSSR count). The van der Waals surface area contributed by atoms with Crippen molar-refractivity contribution in [3.63, 3.8) is 0 Å². The molecule has 0 aromatic heterocycles. The number of nitriles is 1. The van der Waals surface area contributed by atoms with Crippen LogP contribution in [0.3, 0.4) is 0 Å². The molecule has 0 saturated heterocycles. The maximum atomic E-state index is 9.62. The molecule has 1 heterocycles. The van der Waals surface area contributed by atoms with E-state index in [-0.39, 0.29) is 12.1 Å². The Balaban J connectivity index is 2.39. The molecule has 1 aliphatic heterocycles. The molecule has 0 bridgehead atoms. The van der Waals surface area contributed by atoms with Gasteiger partial charge in [-0.15, -0.1) is 0 Å². The van der Waals surface area contributed by atoms with Crippen LogP contribution in [-0.2, 0) is 9.47 Å². The van der Waals surface area contributed by atoms with Crippen molar-refractivity contribution in [3.8, 4) is 17.6 Å². The van der Waals surface area contributed by atoms with Crippen molar-refractivity contribution in [2.24, 2.45) is 0 Å². The number of hydrogen-bond acceptors (Lipinski definition) is 6. The zero-order valence-corrected chi connectivity index (χ0v) is 15.6. The van der Waals surface area contributed by atoms with Gasteiger partial charge in [-0.3, -0.25) is 0 Å². The second-order valence-electron chi connectivity index (χ2n) is 6.44. The summed E-state index contributed by atoms with van der Waals surface area (Å²) >= 11 is 0. The molecule has 6 heteroatoms. The minimum absolute atomic E-state index is 0.258. The van der Waals surface area contributed by atoms with E-state index >= 15 is 0 Å². The van der Waals surface area contributed by atoms with Gasteiger partial charge in [0.15, 0.2) is 11.5 Å². The molecule has 0 atom stereocenters. The third kappa shape index (κ3) is 5.25. The summed E-state index contributed by atoms with van der Waals surface area (Å²) in [6.45, 7) is 11.3. The van der Waals surface area contributed by atoms with Gasteiger partial charge < -0.3 is 23.8 Å². The molecule has 0 fully saturated rings. The van der Waals surface area contributed by atoms with Crippen LogP contribution in [-0.4, -0.2) is 51.7 Å². The summed E-state index contributed by atoms with van der Waals surface area (Å²) < 4.78 is 22.6. The molecule has 0 unspecified atom stereocenters. The molecule has 0 N–H and O–H groups in total. The third-order valence-electron chi connectivity index (χ3n) is 3.92. The molecular weight excluding hydrogens is 320 g/mol. The van der Waals surface area contributed by atoms with E-state index in [2.05, 4.69) is 38.7 Å². The van der Waals surface area contributed by atoms with Crippen molar-refractivity contribution < 1.29 is 18.9 Å². The van der Waals surface area contributed by atoms with Crippen LogP contribution in [0, 0.1) is 11.3 Å². The van der Waals surface area contributed by atoms with Crippen LogP contribution < -0.4 is 14.4 Å². The highest BCUT2D eigenvalue weighted by Gasteiger charge is 2.21. The number of nitrogens with zero attached hydrogens (tertiary/aromatic N) is 2. The Labute approximate surface area is 150 Å². The van der Waals surface area contributed by atoms with E-state index in [0.717, 1.165) is 5.69 Å². The van der Waals surface area contributed by atoms with Crippen molar-refractivity contribution in [1.82, 2.24) is 0 Å². The molecule has 0 saturated carbocycles. The van der Waals surface area contributed by atoms with Crippen LogP contribution in [0.2, 0.25) is 0 Å². The minimum Gasteiger partial charge on any atom is -0.487 e.